The third-order valence-electron chi connectivity index (χ3n) is 8.49. The Morgan fingerprint density at radius 1 is 1.18 bits per heavy atom. The van der Waals surface area contributed by atoms with Crippen molar-refractivity contribution in [1.82, 2.24) is 19.8 Å². The average Bonchev–Trinajstić information content (AvgIpc) is 3.17. The van der Waals surface area contributed by atoms with Crippen molar-refractivity contribution in [1.29, 1.82) is 0 Å². The van der Waals surface area contributed by atoms with Crippen LogP contribution in [-0.2, 0) is 21.4 Å². The number of pyridine rings is 1. The molecule has 218 valence electrons. The number of piperazine rings is 1. The van der Waals surface area contributed by atoms with Crippen LogP contribution in [0.2, 0.25) is 0 Å². The molecule has 11 heteroatoms. The van der Waals surface area contributed by atoms with Crippen LogP contribution in [0.5, 0.6) is 0 Å². The normalized spacial score (nSPS) is 25.2. The number of benzene rings is 1. The minimum Gasteiger partial charge on any atom is -0.379 e. The van der Waals surface area contributed by atoms with E-state index in [1.807, 2.05) is 13.8 Å². The van der Waals surface area contributed by atoms with Gasteiger partial charge in [-0.25, -0.2) is 13.5 Å². The summed E-state index contributed by atoms with van der Waals surface area (Å²) in [6.45, 7) is 13.5. The van der Waals surface area contributed by atoms with Gasteiger partial charge in [0.1, 0.15) is 11.6 Å². The summed E-state index contributed by atoms with van der Waals surface area (Å²) in [5.74, 6) is 4.82. The Morgan fingerprint density at radius 2 is 1.95 bits per heavy atom. The number of morpholine rings is 1. The Labute approximate surface area is 233 Å². The highest BCUT2D eigenvalue weighted by molar-refractivity contribution is 5.97. The van der Waals surface area contributed by atoms with E-state index in [9.17, 15) is 18.4 Å². The van der Waals surface area contributed by atoms with Gasteiger partial charge < -0.3 is 20.8 Å². The fraction of sp³-hybridized carbons (Fsp3) is 0.586. The molecule has 3 atom stereocenters. The molecule has 5 rings (SSSR count). The van der Waals surface area contributed by atoms with Crippen LogP contribution in [0.3, 0.4) is 0 Å². The molecule has 1 amide bonds. The van der Waals surface area contributed by atoms with Crippen LogP contribution < -0.4 is 21.6 Å². The fourth-order valence-corrected chi connectivity index (χ4v) is 6.30. The van der Waals surface area contributed by atoms with Gasteiger partial charge in [-0.1, -0.05) is 19.9 Å². The molecule has 2 fully saturated rings. The topological polar surface area (TPSA) is 96.1 Å². The second-order valence-corrected chi connectivity index (χ2v) is 12.2. The number of nitrogens with two attached hydrogens (primary N) is 1. The van der Waals surface area contributed by atoms with Crippen molar-refractivity contribution in [2.45, 2.75) is 57.7 Å². The van der Waals surface area contributed by atoms with E-state index in [0.717, 1.165) is 43.0 Å². The first-order valence-electron chi connectivity index (χ1n) is 14.0. The molecule has 0 radical (unpaired) electrons. The van der Waals surface area contributed by atoms with Gasteiger partial charge in [0.25, 0.3) is 5.56 Å². The summed E-state index contributed by atoms with van der Waals surface area (Å²) in [5, 5.41) is 3.56. The lowest BCUT2D eigenvalue weighted by Crippen LogP contribution is -2.62. The number of nitrogen functional groups attached to an aromatic ring is 1. The number of anilines is 1. The lowest BCUT2D eigenvalue weighted by molar-refractivity contribution is -0.121. The largest absolute Gasteiger partial charge is 0.379 e. The number of rotatable bonds is 6. The lowest BCUT2D eigenvalue weighted by atomic mass is 9.90. The molecule has 1 aromatic carbocycles. The van der Waals surface area contributed by atoms with E-state index >= 15 is 0 Å². The Hall–Kier alpha value is -2.86. The SMILES string of the molecule is C[C@@H]1CN(CC(=O)N2CC(C)(C)c3c2cc(Cc2ccc(F)cc2F)c(=O)n3N)[C@@H](CN2CCOC[C@H]2C)CN1. The number of carbonyl (C=O) groups is 1. The zero-order chi connectivity index (χ0) is 28.8. The summed E-state index contributed by atoms with van der Waals surface area (Å²) in [7, 11) is 0. The molecule has 0 bridgehead atoms. The van der Waals surface area contributed by atoms with Crippen LogP contribution in [0, 0.1) is 11.6 Å². The van der Waals surface area contributed by atoms with E-state index in [-0.39, 0.29) is 42.1 Å². The Morgan fingerprint density at radius 3 is 2.67 bits per heavy atom. The summed E-state index contributed by atoms with van der Waals surface area (Å²) >= 11 is 0. The standard InChI is InChI=1S/C29H40F2N6O3/c1-18-13-35(23(12-33-18)14-34-7-8-40-16-19(34)2)15-26(38)36-17-29(3,4)27-25(36)10-21(28(39)37(27)32)9-20-5-6-22(30)11-24(20)31/h5-6,10-11,18-19,23,33H,7-9,12-17,32H2,1-4H3/t18-,19-,23-/m1/s1. The predicted molar refractivity (Wildman–Crippen MR) is 150 cm³/mol. The monoisotopic (exact) mass is 558 g/mol. The van der Waals surface area contributed by atoms with E-state index in [2.05, 4.69) is 29.0 Å². The molecule has 4 heterocycles. The van der Waals surface area contributed by atoms with Gasteiger partial charge in [-0.15, -0.1) is 0 Å². The van der Waals surface area contributed by atoms with Gasteiger partial charge in [0, 0.05) is 74.3 Å². The summed E-state index contributed by atoms with van der Waals surface area (Å²) < 4.78 is 34.6. The van der Waals surface area contributed by atoms with Crippen LogP contribution in [0.4, 0.5) is 14.5 Å². The zero-order valence-corrected chi connectivity index (χ0v) is 23.8. The summed E-state index contributed by atoms with van der Waals surface area (Å²) in [6, 6.07) is 5.67. The van der Waals surface area contributed by atoms with Crippen LogP contribution in [0.1, 0.15) is 44.5 Å². The van der Waals surface area contributed by atoms with Crippen molar-refractivity contribution in [3.63, 3.8) is 0 Å². The number of nitrogens with one attached hydrogen (secondary N) is 1. The highest BCUT2D eigenvalue weighted by Gasteiger charge is 2.42. The summed E-state index contributed by atoms with van der Waals surface area (Å²) in [4.78, 5) is 33.5. The van der Waals surface area contributed by atoms with E-state index in [4.69, 9.17) is 10.6 Å². The molecule has 2 aromatic rings. The van der Waals surface area contributed by atoms with E-state index in [1.54, 1.807) is 11.0 Å². The van der Waals surface area contributed by atoms with Crippen molar-refractivity contribution >= 4 is 11.6 Å². The van der Waals surface area contributed by atoms with Crippen LogP contribution >= 0.6 is 0 Å². The second-order valence-electron chi connectivity index (χ2n) is 12.2. The third kappa shape index (κ3) is 5.65. The molecule has 9 nitrogen and oxygen atoms in total. The molecule has 40 heavy (non-hydrogen) atoms. The highest BCUT2D eigenvalue weighted by Crippen LogP contribution is 2.40. The second kappa shape index (κ2) is 11.2. The number of nitrogens with zero attached hydrogens (tertiary/aromatic N) is 4. The Balaban J connectivity index is 1.41. The molecule has 0 aliphatic carbocycles. The fourth-order valence-electron chi connectivity index (χ4n) is 6.30. The minimum absolute atomic E-state index is 0.0625. The minimum atomic E-state index is -0.731. The number of carbonyl (C=O) groups excluding carboxylic acids is 1. The number of amides is 1. The van der Waals surface area contributed by atoms with Crippen LogP contribution in [0.25, 0.3) is 0 Å². The van der Waals surface area contributed by atoms with Gasteiger partial charge in [0.2, 0.25) is 5.91 Å². The predicted octanol–water partition coefficient (Wildman–Crippen LogP) is 1.44. The molecule has 0 saturated carbocycles. The maximum absolute atomic E-state index is 14.4. The molecular formula is C29H40F2N6O3. The number of aromatic nitrogens is 1. The highest BCUT2D eigenvalue weighted by atomic mass is 19.1. The van der Waals surface area contributed by atoms with E-state index in [1.165, 1.54) is 6.07 Å². The molecule has 2 saturated heterocycles. The first kappa shape index (κ1) is 28.7. The molecule has 3 aliphatic rings. The van der Waals surface area contributed by atoms with Crippen molar-refractivity contribution in [3.05, 3.63) is 63.1 Å². The van der Waals surface area contributed by atoms with E-state index < -0.39 is 22.6 Å². The van der Waals surface area contributed by atoms with Crippen molar-refractivity contribution < 1.29 is 18.3 Å². The van der Waals surface area contributed by atoms with Gasteiger partial charge in [0.15, 0.2) is 0 Å². The smallest absolute Gasteiger partial charge is 0.272 e. The van der Waals surface area contributed by atoms with Gasteiger partial charge in [0.05, 0.1) is 31.1 Å². The van der Waals surface area contributed by atoms with E-state index in [0.29, 0.717) is 37.2 Å². The maximum Gasteiger partial charge on any atom is 0.272 e. The number of hydrogen-bond donors (Lipinski definition) is 2. The number of hydrogen-bond acceptors (Lipinski definition) is 7. The molecule has 3 N–H and O–H groups in total. The van der Waals surface area contributed by atoms with Crippen molar-refractivity contribution in [2.75, 3.05) is 63.2 Å². The zero-order valence-electron chi connectivity index (χ0n) is 23.8. The third-order valence-corrected chi connectivity index (χ3v) is 8.49. The number of halogens is 2. The van der Waals surface area contributed by atoms with Crippen molar-refractivity contribution in [3.8, 4) is 0 Å². The molecule has 0 spiro atoms. The molecular weight excluding hydrogens is 518 g/mol. The Bertz CT molecular complexity index is 1330. The van der Waals surface area contributed by atoms with Crippen LogP contribution in [-0.4, -0.2) is 91.0 Å². The van der Waals surface area contributed by atoms with Gasteiger partial charge in [-0.3, -0.25) is 19.4 Å². The Kier molecular flexibility index (Phi) is 8.02. The number of ether oxygens (including phenoxy) is 1. The maximum atomic E-state index is 14.4. The first-order chi connectivity index (χ1) is 18.9. The molecule has 3 aliphatic heterocycles. The van der Waals surface area contributed by atoms with Gasteiger partial charge >= 0.3 is 0 Å². The average molecular weight is 559 g/mol. The van der Waals surface area contributed by atoms with Crippen LogP contribution in [0.15, 0.2) is 29.1 Å². The van der Waals surface area contributed by atoms with Gasteiger partial charge in [-0.05, 0) is 31.5 Å². The summed E-state index contributed by atoms with van der Waals surface area (Å²) in [6.07, 6.45) is -0.0625. The van der Waals surface area contributed by atoms with Crippen molar-refractivity contribution in [2.24, 2.45) is 0 Å². The van der Waals surface area contributed by atoms with Gasteiger partial charge in [-0.2, -0.15) is 0 Å². The first-order valence-corrected chi connectivity index (χ1v) is 14.0. The quantitative estimate of drug-likeness (QED) is 0.518. The molecule has 1 aromatic heterocycles. The number of fused-ring (bicyclic) bond motifs is 1. The lowest BCUT2D eigenvalue weighted by Gasteiger charge is -2.43. The summed E-state index contributed by atoms with van der Waals surface area (Å²) in [5.41, 5.74) is 0.553. The molecule has 0 unspecified atom stereocenters.